The van der Waals surface area contributed by atoms with Crippen LogP contribution in [0.2, 0.25) is 5.02 Å². The predicted octanol–water partition coefficient (Wildman–Crippen LogP) is 4.41. The molecule has 168 valence electrons. The summed E-state index contributed by atoms with van der Waals surface area (Å²) in [7, 11) is 3.12. The molecule has 8 heteroatoms. The van der Waals surface area contributed by atoms with E-state index in [-0.39, 0.29) is 5.91 Å². The summed E-state index contributed by atoms with van der Waals surface area (Å²) in [5, 5.41) is 2.07. The zero-order chi connectivity index (χ0) is 23.1. The fraction of sp³-hybridized carbons (Fsp3) is 0.200. The average Bonchev–Trinajstić information content (AvgIpc) is 3.35. The number of halogens is 1. The molecule has 0 spiro atoms. The van der Waals surface area contributed by atoms with Gasteiger partial charge in [-0.05, 0) is 42.5 Å². The summed E-state index contributed by atoms with van der Waals surface area (Å²) in [6.07, 6.45) is -0.978. The number of anilines is 2. The van der Waals surface area contributed by atoms with Gasteiger partial charge in [-0.1, -0.05) is 35.9 Å². The van der Waals surface area contributed by atoms with Gasteiger partial charge in [-0.15, -0.1) is 0 Å². The Morgan fingerprint density at radius 1 is 0.848 bits per heavy atom. The number of hydroxylamine groups is 1. The normalized spacial score (nSPS) is 22.0. The first kappa shape index (κ1) is 21.3. The second-order valence-corrected chi connectivity index (χ2v) is 8.19. The maximum atomic E-state index is 13.7. The third kappa shape index (κ3) is 3.50. The summed E-state index contributed by atoms with van der Waals surface area (Å²) in [5.41, 5.74) is 1.86. The molecule has 2 amide bonds. The molecule has 3 atom stereocenters. The van der Waals surface area contributed by atoms with E-state index in [0.29, 0.717) is 27.8 Å². The Kier molecular flexibility index (Phi) is 5.44. The van der Waals surface area contributed by atoms with E-state index in [2.05, 4.69) is 0 Å². The number of fused-ring (bicyclic) bond motifs is 1. The first-order chi connectivity index (χ1) is 16.0. The quantitative estimate of drug-likeness (QED) is 0.521. The van der Waals surface area contributed by atoms with Gasteiger partial charge in [0.2, 0.25) is 5.91 Å². The first-order valence-corrected chi connectivity index (χ1v) is 10.8. The Balaban J connectivity index is 1.62. The minimum Gasteiger partial charge on any atom is -0.497 e. The molecule has 2 aliphatic rings. The van der Waals surface area contributed by atoms with E-state index in [0.717, 1.165) is 10.6 Å². The van der Waals surface area contributed by atoms with Gasteiger partial charge in [0.05, 0.1) is 31.6 Å². The van der Waals surface area contributed by atoms with Gasteiger partial charge in [-0.25, -0.2) is 9.96 Å². The molecule has 0 saturated carbocycles. The van der Waals surface area contributed by atoms with Crippen LogP contribution in [0.3, 0.4) is 0 Å². The van der Waals surface area contributed by atoms with Crippen LogP contribution in [0.1, 0.15) is 11.6 Å². The molecule has 3 aromatic rings. The van der Waals surface area contributed by atoms with Crippen molar-refractivity contribution in [2.75, 3.05) is 24.2 Å². The van der Waals surface area contributed by atoms with E-state index in [9.17, 15) is 9.59 Å². The van der Waals surface area contributed by atoms with Gasteiger partial charge in [0.1, 0.15) is 17.4 Å². The molecule has 5 rings (SSSR count). The summed E-state index contributed by atoms with van der Waals surface area (Å²) in [6.45, 7) is 0. The minimum absolute atomic E-state index is 0.353. The van der Waals surface area contributed by atoms with Crippen molar-refractivity contribution < 1.29 is 23.9 Å². The number of nitrogens with zero attached hydrogens (tertiary/aromatic N) is 2. The molecule has 0 aromatic heterocycles. The van der Waals surface area contributed by atoms with Crippen molar-refractivity contribution in [2.24, 2.45) is 5.92 Å². The summed E-state index contributed by atoms with van der Waals surface area (Å²) < 4.78 is 11.0. The summed E-state index contributed by atoms with van der Waals surface area (Å²) in [5.74, 6) is -0.409. The number of hydrogen-bond donors (Lipinski definition) is 0. The van der Waals surface area contributed by atoms with E-state index in [1.54, 1.807) is 55.7 Å². The number of carbonyl (C=O) groups is 2. The lowest BCUT2D eigenvalue weighted by atomic mass is 9.90. The SMILES string of the molecule is COc1ccc([C@H]2[C@@H]3C(=O)N(c4cccc(Cl)c4)C(=O)[C@H]3ON2c2ccccc2)c(OC)c1. The third-order valence-corrected chi connectivity index (χ3v) is 6.19. The molecule has 2 fully saturated rings. The van der Waals surface area contributed by atoms with Crippen LogP contribution in [0.15, 0.2) is 72.8 Å². The second-order valence-electron chi connectivity index (χ2n) is 7.76. The Morgan fingerprint density at radius 3 is 2.30 bits per heavy atom. The largest absolute Gasteiger partial charge is 0.497 e. The smallest absolute Gasteiger partial charge is 0.266 e. The van der Waals surface area contributed by atoms with E-state index >= 15 is 0 Å². The molecule has 7 nitrogen and oxygen atoms in total. The molecule has 33 heavy (non-hydrogen) atoms. The van der Waals surface area contributed by atoms with Crippen LogP contribution in [0, 0.1) is 5.92 Å². The topological polar surface area (TPSA) is 68.3 Å². The number of rotatable bonds is 5. The second kappa shape index (κ2) is 8.42. The highest BCUT2D eigenvalue weighted by Crippen LogP contribution is 2.50. The minimum atomic E-state index is -0.978. The highest BCUT2D eigenvalue weighted by molar-refractivity contribution is 6.31. The molecule has 2 heterocycles. The number of methoxy groups -OCH3 is 2. The predicted molar refractivity (Wildman–Crippen MR) is 124 cm³/mol. The molecule has 2 aliphatic heterocycles. The van der Waals surface area contributed by atoms with E-state index in [1.807, 2.05) is 36.4 Å². The van der Waals surface area contributed by atoms with Crippen LogP contribution >= 0.6 is 11.6 Å². The van der Waals surface area contributed by atoms with Gasteiger partial charge in [0.15, 0.2) is 6.10 Å². The Hall–Kier alpha value is -3.55. The van der Waals surface area contributed by atoms with E-state index in [1.165, 1.54) is 0 Å². The van der Waals surface area contributed by atoms with Gasteiger partial charge in [-0.2, -0.15) is 0 Å². The van der Waals surface area contributed by atoms with Crippen LogP contribution in [-0.2, 0) is 14.4 Å². The summed E-state index contributed by atoms with van der Waals surface area (Å²) >= 11 is 6.12. The van der Waals surface area contributed by atoms with Crippen LogP contribution in [-0.4, -0.2) is 32.1 Å². The van der Waals surface area contributed by atoms with Crippen molar-refractivity contribution in [3.63, 3.8) is 0 Å². The van der Waals surface area contributed by atoms with Crippen molar-refractivity contribution in [3.8, 4) is 11.5 Å². The number of para-hydroxylation sites is 1. The zero-order valence-corrected chi connectivity index (χ0v) is 18.7. The van der Waals surface area contributed by atoms with Gasteiger partial charge >= 0.3 is 0 Å². The van der Waals surface area contributed by atoms with Gasteiger partial charge in [0, 0.05) is 16.7 Å². The van der Waals surface area contributed by atoms with Crippen molar-refractivity contribution >= 4 is 34.8 Å². The number of imide groups is 1. The number of carbonyl (C=O) groups excluding carboxylic acids is 2. The molecule has 0 bridgehead atoms. The number of ether oxygens (including phenoxy) is 2. The lowest BCUT2D eigenvalue weighted by Crippen LogP contribution is -2.37. The maximum Gasteiger partial charge on any atom is 0.266 e. The van der Waals surface area contributed by atoms with Gasteiger partial charge < -0.3 is 9.47 Å². The standard InChI is InChI=1S/C25H21ClN2O5/c1-31-18-11-12-19(20(14-18)32-2)22-21-23(33-28(22)16-8-4-3-5-9-16)25(30)27(24(21)29)17-10-6-7-15(26)13-17/h3-14,21-23H,1-2H3/t21-,22-,23-/m0/s1. The van der Waals surface area contributed by atoms with E-state index in [4.69, 9.17) is 25.9 Å². The number of hydrogen-bond acceptors (Lipinski definition) is 6. The van der Waals surface area contributed by atoms with Gasteiger partial charge in [-0.3, -0.25) is 14.4 Å². The first-order valence-electron chi connectivity index (χ1n) is 10.4. The third-order valence-electron chi connectivity index (χ3n) is 5.95. The molecule has 0 N–H and O–H groups in total. The summed E-state index contributed by atoms with van der Waals surface area (Å²) in [4.78, 5) is 34.4. The molecular formula is C25H21ClN2O5. The lowest BCUT2D eigenvalue weighted by molar-refractivity contribution is -0.126. The number of benzene rings is 3. The highest BCUT2D eigenvalue weighted by atomic mass is 35.5. The molecule has 0 aliphatic carbocycles. The van der Waals surface area contributed by atoms with Crippen LogP contribution < -0.4 is 19.4 Å². The molecule has 3 aromatic carbocycles. The average molecular weight is 465 g/mol. The Bertz CT molecular complexity index is 1220. The molecule has 0 radical (unpaired) electrons. The Morgan fingerprint density at radius 2 is 1.61 bits per heavy atom. The molecule has 2 saturated heterocycles. The van der Waals surface area contributed by atoms with Crippen molar-refractivity contribution in [1.82, 2.24) is 0 Å². The maximum absolute atomic E-state index is 13.7. The Labute approximate surface area is 196 Å². The van der Waals surface area contributed by atoms with E-state index < -0.39 is 24.0 Å². The molecular weight excluding hydrogens is 444 g/mol. The van der Waals surface area contributed by atoms with Crippen LogP contribution in [0.25, 0.3) is 0 Å². The van der Waals surface area contributed by atoms with Crippen LogP contribution in [0.4, 0.5) is 11.4 Å². The van der Waals surface area contributed by atoms with Gasteiger partial charge in [0.25, 0.3) is 5.91 Å². The fourth-order valence-electron chi connectivity index (χ4n) is 4.46. The molecule has 0 unspecified atom stereocenters. The van der Waals surface area contributed by atoms with Crippen molar-refractivity contribution in [2.45, 2.75) is 12.1 Å². The zero-order valence-electron chi connectivity index (χ0n) is 18.0. The highest BCUT2D eigenvalue weighted by Gasteiger charge is 2.60. The van der Waals surface area contributed by atoms with Crippen molar-refractivity contribution in [1.29, 1.82) is 0 Å². The monoisotopic (exact) mass is 464 g/mol. The fourth-order valence-corrected chi connectivity index (χ4v) is 4.65. The summed E-state index contributed by atoms with van der Waals surface area (Å²) in [6, 6.07) is 20.8. The van der Waals surface area contributed by atoms with Crippen LogP contribution in [0.5, 0.6) is 11.5 Å². The number of amides is 2. The lowest BCUT2D eigenvalue weighted by Gasteiger charge is -2.29. The van der Waals surface area contributed by atoms with Crippen molar-refractivity contribution in [3.05, 3.63) is 83.4 Å².